The normalized spacial score (nSPS) is 14.6. The van der Waals surface area contributed by atoms with Gasteiger partial charge in [0.15, 0.2) is 0 Å². The summed E-state index contributed by atoms with van der Waals surface area (Å²) in [4.78, 5) is 8.15. The van der Waals surface area contributed by atoms with Crippen molar-refractivity contribution in [3.05, 3.63) is 341 Å². The molecule has 115 heavy (non-hydrogen) atoms. The average Bonchev–Trinajstić information content (AvgIpc) is 1.65. The van der Waals surface area contributed by atoms with Gasteiger partial charge in [0.1, 0.15) is 11.5 Å². The molecule has 6 heteroatoms. The lowest BCUT2D eigenvalue weighted by atomic mass is 9.30. The maximum Gasteiger partial charge on any atom is 0.256 e. The van der Waals surface area contributed by atoms with E-state index in [1.54, 1.807) is 0 Å². The van der Waals surface area contributed by atoms with Crippen molar-refractivity contribution in [3.63, 3.8) is 0 Å². The minimum atomic E-state index is -0.650. The molecule has 0 aromatic heterocycles. The molecule has 14 aromatic rings. The zero-order valence-corrected chi connectivity index (χ0v) is 70.0. The van der Waals surface area contributed by atoms with Gasteiger partial charge in [-0.2, -0.15) is 0 Å². The van der Waals surface area contributed by atoms with Crippen LogP contribution in [0.2, 0.25) is 0 Å². The van der Waals surface area contributed by atoms with Gasteiger partial charge in [0.05, 0.1) is 11.1 Å². The molecule has 20 rings (SSSR count). The van der Waals surface area contributed by atoms with E-state index in [-0.39, 0.29) is 45.9 Å². The van der Waals surface area contributed by atoms with E-state index < -0.39 is 5.41 Å². The third-order valence-corrected chi connectivity index (χ3v) is 26.2. The van der Waals surface area contributed by atoms with Crippen LogP contribution in [0.15, 0.2) is 285 Å². The predicted octanol–water partition coefficient (Wildman–Crippen LogP) is 25.3. The molecule has 0 atom stereocenters. The Bertz CT molecular complexity index is 6290. The summed E-state index contributed by atoms with van der Waals surface area (Å²) in [6.07, 6.45) is 0. The molecule has 0 radical (unpaired) electrons. The van der Waals surface area contributed by atoms with Crippen LogP contribution in [0, 0.1) is 0 Å². The van der Waals surface area contributed by atoms with Gasteiger partial charge in [-0.05, 0) is 244 Å². The first-order valence-corrected chi connectivity index (χ1v) is 41.7. The molecule has 4 aliphatic heterocycles. The van der Waals surface area contributed by atoms with Crippen LogP contribution >= 0.6 is 0 Å². The van der Waals surface area contributed by atoms with Gasteiger partial charge in [0.25, 0.3) is 13.4 Å². The van der Waals surface area contributed by atoms with Crippen LogP contribution in [0.1, 0.15) is 180 Å². The van der Waals surface area contributed by atoms with Crippen molar-refractivity contribution < 1.29 is 4.74 Å². The van der Waals surface area contributed by atoms with Crippen molar-refractivity contribution in [2.45, 2.75) is 163 Å². The molecule has 0 saturated carbocycles. The molecular formula is C109H101B2N3O. The summed E-state index contributed by atoms with van der Waals surface area (Å²) in [7, 11) is 0. The van der Waals surface area contributed by atoms with Gasteiger partial charge in [-0.1, -0.05) is 331 Å². The average molecular weight is 1490 g/mol. The summed E-state index contributed by atoms with van der Waals surface area (Å²) in [6, 6.07) is 112. The number of hydrogen-bond acceptors (Lipinski definition) is 4. The first-order valence-electron chi connectivity index (χ1n) is 41.7. The second-order valence-corrected chi connectivity index (χ2v) is 39.7. The molecule has 14 aromatic carbocycles. The van der Waals surface area contributed by atoms with Gasteiger partial charge < -0.3 is 19.4 Å². The monoisotopic (exact) mass is 1490 g/mol. The van der Waals surface area contributed by atoms with E-state index in [1.165, 1.54) is 133 Å². The lowest BCUT2D eigenvalue weighted by Crippen LogP contribution is -2.64. The summed E-state index contributed by atoms with van der Waals surface area (Å²) in [5.41, 5.74) is 40.9. The van der Waals surface area contributed by atoms with Gasteiger partial charge in [0, 0.05) is 56.6 Å². The Morgan fingerprint density at radius 1 is 0.243 bits per heavy atom. The molecule has 0 saturated heterocycles. The number of hydrogen-bond donors (Lipinski definition) is 0. The Morgan fingerprint density at radius 3 is 1.14 bits per heavy atom. The number of nitrogens with zero attached hydrogens (tertiary/aromatic N) is 3. The molecule has 1 spiro atoms. The highest BCUT2D eigenvalue weighted by molar-refractivity contribution is 7.02. The highest BCUT2D eigenvalue weighted by Crippen LogP contribution is 2.65. The zero-order valence-electron chi connectivity index (χ0n) is 70.0. The fourth-order valence-corrected chi connectivity index (χ4v) is 20.2. The van der Waals surface area contributed by atoms with Crippen molar-refractivity contribution in [2.75, 3.05) is 14.7 Å². The standard InChI is InChI=1S/C109H101B2N3O/c1-103(2,3)69-38-31-40-75(56-69)112-92-65-93-90(111-88-53-51-72(106(10,11)12)62-97(88)115-98-63-74(108(16,17)18)61-96(101(98)111)113(93)76-41-32-39-70(57-76)104(4,5)6)64-89(92)110-87-52-50-71(105(7,8)9)60-91(87)114(102-82(66-34-21-19-22-35-66)58-73(107(13,14)15)59-83(102)67-36-23-20-24-37-67)95-55-68(54-94(112)100(95)110)77-45-33-46-81-80-44-27-30-49-86(80)109(99(77)81)84-47-28-25-42-78(84)79-43-26-29-48-85(79)109/h19-65H,1-18H3. The van der Waals surface area contributed by atoms with Crippen LogP contribution in [0.3, 0.4) is 0 Å². The lowest BCUT2D eigenvalue weighted by Gasteiger charge is -2.47. The number of anilines is 9. The van der Waals surface area contributed by atoms with Crippen molar-refractivity contribution in [1.29, 1.82) is 0 Å². The largest absolute Gasteiger partial charge is 0.458 e. The van der Waals surface area contributed by atoms with E-state index in [4.69, 9.17) is 4.74 Å². The zero-order chi connectivity index (χ0) is 79.7. The van der Waals surface area contributed by atoms with E-state index in [0.29, 0.717) is 0 Å². The van der Waals surface area contributed by atoms with Gasteiger partial charge in [-0.3, -0.25) is 0 Å². The number of fused-ring (bicyclic) bond motifs is 18. The predicted molar refractivity (Wildman–Crippen MR) is 491 cm³/mol. The Labute approximate surface area is 682 Å². The van der Waals surface area contributed by atoms with Crippen molar-refractivity contribution >= 4 is 97.4 Å². The van der Waals surface area contributed by atoms with Crippen LogP contribution in [0.4, 0.5) is 51.2 Å². The molecule has 4 heterocycles. The lowest BCUT2D eigenvalue weighted by molar-refractivity contribution is 0.479. The number of ether oxygens (including phenoxy) is 1. The Kier molecular flexibility index (Phi) is 15.9. The van der Waals surface area contributed by atoms with E-state index in [0.717, 1.165) is 73.7 Å². The van der Waals surface area contributed by atoms with E-state index in [2.05, 4.69) is 424 Å². The minimum Gasteiger partial charge on any atom is -0.458 e. The smallest absolute Gasteiger partial charge is 0.256 e. The van der Waals surface area contributed by atoms with Crippen LogP contribution < -0.4 is 52.2 Å². The summed E-state index contributed by atoms with van der Waals surface area (Å²) in [5, 5.41) is 0. The van der Waals surface area contributed by atoms with Crippen LogP contribution in [-0.2, 0) is 37.9 Å². The summed E-state index contributed by atoms with van der Waals surface area (Å²) in [6.45, 7) is 41.9. The topological polar surface area (TPSA) is 19.0 Å². The van der Waals surface area contributed by atoms with Crippen molar-refractivity contribution in [1.82, 2.24) is 0 Å². The quantitative estimate of drug-likeness (QED) is 0.154. The van der Waals surface area contributed by atoms with Gasteiger partial charge in [-0.25, -0.2) is 0 Å². The van der Waals surface area contributed by atoms with Crippen LogP contribution in [0.25, 0.3) is 55.6 Å². The molecule has 4 nitrogen and oxygen atoms in total. The van der Waals surface area contributed by atoms with Gasteiger partial charge in [0.2, 0.25) is 0 Å². The Morgan fingerprint density at radius 2 is 0.626 bits per heavy atom. The SMILES string of the molecule is CC(C)(C)c1cccc(N2c3cc4c(cc3B3c5ccc(C(C)(C)C)cc5Oc5cc(C(C)(C)C)cc2c53)B2c3ccc(C(C)(C)C)cc3N(c3c(-c5ccccc5)cc(C(C)(C)C)cc3-c3ccccc3)c3cc(-c5cccc6c5C5(c7ccccc7-c7ccccc75)c5ccccc5-6)cc(c32)N4c2cccc(C(C)(C)C)c2)c1. The first kappa shape index (κ1) is 72.4. The summed E-state index contributed by atoms with van der Waals surface area (Å²) >= 11 is 0. The third-order valence-electron chi connectivity index (χ3n) is 26.2. The van der Waals surface area contributed by atoms with E-state index in [9.17, 15) is 0 Å². The molecule has 564 valence electrons. The van der Waals surface area contributed by atoms with Gasteiger partial charge in [-0.15, -0.1) is 0 Å². The Balaban J connectivity index is 0.983. The Hall–Kier alpha value is -11.6. The van der Waals surface area contributed by atoms with Crippen molar-refractivity contribution in [3.8, 4) is 67.1 Å². The van der Waals surface area contributed by atoms with Crippen molar-refractivity contribution in [2.24, 2.45) is 0 Å². The molecule has 6 aliphatic rings. The maximum atomic E-state index is 7.58. The minimum absolute atomic E-state index is 0.123. The summed E-state index contributed by atoms with van der Waals surface area (Å²) in [5.74, 6) is 1.84. The molecule has 0 amide bonds. The molecule has 0 bridgehead atoms. The summed E-state index contributed by atoms with van der Waals surface area (Å²) < 4.78 is 7.58. The second-order valence-electron chi connectivity index (χ2n) is 39.7. The van der Waals surface area contributed by atoms with E-state index >= 15 is 0 Å². The van der Waals surface area contributed by atoms with E-state index in [1.807, 2.05) is 0 Å². The molecule has 0 unspecified atom stereocenters. The number of benzene rings is 14. The molecule has 0 fully saturated rings. The van der Waals surface area contributed by atoms with Crippen LogP contribution in [-0.4, -0.2) is 13.4 Å². The molecule has 0 N–H and O–H groups in total. The maximum absolute atomic E-state index is 7.58. The first-order chi connectivity index (χ1) is 54.8. The van der Waals surface area contributed by atoms with Crippen LogP contribution in [0.5, 0.6) is 11.5 Å². The highest BCUT2D eigenvalue weighted by atomic mass is 16.5. The second kappa shape index (κ2) is 25.2. The van der Waals surface area contributed by atoms with Gasteiger partial charge >= 0.3 is 0 Å². The fraction of sp³-hybridized carbons (Fsp3) is 0.229. The molecule has 2 aliphatic carbocycles. The fourth-order valence-electron chi connectivity index (χ4n) is 20.2. The number of rotatable bonds is 6. The molecular weight excluding hydrogens is 1390 g/mol. The highest BCUT2D eigenvalue weighted by Gasteiger charge is 2.55. The third kappa shape index (κ3) is 11.1.